The van der Waals surface area contributed by atoms with Crippen LogP contribution in [-0.2, 0) is 4.79 Å². The molecule has 2 aromatic carbocycles. The number of carbonyl (C=O) groups is 1. The van der Waals surface area contributed by atoms with Crippen molar-refractivity contribution in [1.29, 1.82) is 0 Å². The highest BCUT2D eigenvalue weighted by Crippen LogP contribution is 2.43. The van der Waals surface area contributed by atoms with E-state index >= 15 is 0 Å². The number of thioether (sulfide) groups is 1. The second-order valence-electron chi connectivity index (χ2n) is 6.21. The molecule has 0 saturated carbocycles. The Morgan fingerprint density at radius 1 is 1.32 bits per heavy atom. The van der Waals surface area contributed by atoms with Crippen LogP contribution >= 0.6 is 23.4 Å². The second-order valence-corrected chi connectivity index (χ2v) is 7.87. The van der Waals surface area contributed by atoms with Gasteiger partial charge in [0.15, 0.2) is 11.2 Å². The van der Waals surface area contributed by atoms with Crippen molar-refractivity contribution in [3.63, 3.8) is 0 Å². The van der Waals surface area contributed by atoms with Gasteiger partial charge in [-0.05, 0) is 17.9 Å². The van der Waals surface area contributed by atoms with Crippen LogP contribution in [0.2, 0.25) is 5.02 Å². The third kappa shape index (κ3) is 3.16. The highest BCUT2D eigenvalue weighted by molar-refractivity contribution is 8.13. The lowest BCUT2D eigenvalue weighted by atomic mass is 9.97. The third-order valence-electron chi connectivity index (χ3n) is 4.53. The molecule has 2 aliphatic heterocycles. The quantitative estimate of drug-likeness (QED) is 0.580. The van der Waals surface area contributed by atoms with Crippen LogP contribution in [0.1, 0.15) is 30.3 Å². The van der Waals surface area contributed by atoms with Gasteiger partial charge in [-0.15, -0.1) is 5.10 Å². The van der Waals surface area contributed by atoms with E-state index in [1.807, 2.05) is 31.2 Å². The first kappa shape index (κ1) is 18.6. The number of carbonyl (C=O) groups excluding carboxylic acids is 1. The number of nitrogens with zero attached hydrogens (tertiary/aromatic N) is 3. The van der Waals surface area contributed by atoms with Gasteiger partial charge in [-0.3, -0.25) is 19.9 Å². The predicted octanol–water partition coefficient (Wildman–Crippen LogP) is 3.87. The number of amides is 1. The number of hydrogen-bond acceptors (Lipinski definition) is 7. The van der Waals surface area contributed by atoms with Crippen molar-refractivity contribution in [2.45, 2.75) is 19.1 Å². The van der Waals surface area contributed by atoms with Gasteiger partial charge in [-0.2, -0.15) is 0 Å². The lowest BCUT2D eigenvalue weighted by Gasteiger charge is -2.43. The monoisotopic (exact) mass is 417 g/mol. The van der Waals surface area contributed by atoms with E-state index in [2.05, 4.69) is 15.7 Å². The normalized spacial score (nSPS) is 20.4. The van der Waals surface area contributed by atoms with Crippen LogP contribution in [0.15, 0.2) is 47.6 Å². The fourth-order valence-corrected chi connectivity index (χ4v) is 4.11. The molecular weight excluding hydrogens is 402 g/mol. The maximum atomic E-state index is 12.9. The van der Waals surface area contributed by atoms with Gasteiger partial charge in [0.2, 0.25) is 0 Å². The molecule has 4 rings (SSSR count). The fourth-order valence-electron chi connectivity index (χ4n) is 3.33. The molecule has 2 atom stereocenters. The Labute approximate surface area is 170 Å². The molecule has 1 amide bonds. The van der Waals surface area contributed by atoms with Crippen molar-refractivity contribution in [3.8, 4) is 0 Å². The Bertz CT molecular complexity index is 999. The number of para-hydroxylation sites is 1. The molecule has 0 aliphatic carbocycles. The van der Waals surface area contributed by atoms with E-state index in [1.165, 1.54) is 23.9 Å². The summed E-state index contributed by atoms with van der Waals surface area (Å²) in [5.41, 5.74) is 1.98. The van der Waals surface area contributed by atoms with Gasteiger partial charge in [0.05, 0.1) is 4.92 Å². The summed E-state index contributed by atoms with van der Waals surface area (Å²) in [4.78, 5) is 23.7. The standard InChI is InChI=1S/C18H16ClN5O3S/c1-2-28-18-21-17(25)15-11-5-3-4-6-13(11)20-16(23(15)22-18)10-7-8-12(19)14(9-10)24(26)27/h3-9,15-16,20H,2H2,1H3,(H,21,22,25)/t15-,16+/m1/s1. The number of rotatable bonds is 3. The van der Waals surface area contributed by atoms with Crippen LogP contribution in [0, 0.1) is 10.1 Å². The third-order valence-corrected chi connectivity index (χ3v) is 5.59. The molecule has 0 fully saturated rings. The van der Waals surface area contributed by atoms with E-state index in [-0.39, 0.29) is 16.6 Å². The lowest BCUT2D eigenvalue weighted by molar-refractivity contribution is -0.384. The molecule has 0 spiro atoms. The minimum Gasteiger partial charge on any atom is -0.360 e. The maximum Gasteiger partial charge on any atom is 0.288 e. The summed E-state index contributed by atoms with van der Waals surface area (Å²) in [6.45, 7) is 1.97. The number of nitro benzene ring substituents is 1. The van der Waals surface area contributed by atoms with Gasteiger partial charge in [0, 0.05) is 22.9 Å². The van der Waals surface area contributed by atoms with Gasteiger partial charge in [-0.25, -0.2) is 0 Å². The first-order valence-corrected chi connectivity index (χ1v) is 9.96. The molecule has 8 nitrogen and oxygen atoms in total. The molecule has 0 saturated heterocycles. The summed E-state index contributed by atoms with van der Waals surface area (Å²) in [6, 6.07) is 11.4. The van der Waals surface area contributed by atoms with Crippen molar-refractivity contribution in [2.75, 3.05) is 11.1 Å². The number of hydrogen-bond donors (Lipinski definition) is 2. The molecule has 0 unspecified atom stereocenters. The molecule has 0 radical (unpaired) electrons. The van der Waals surface area contributed by atoms with Crippen molar-refractivity contribution >= 4 is 45.8 Å². The van der Waals surface area contributed by atoms with Crippen LogP contribution in [0.25, 0.3) is 0 Å². The van der Waals surface area contributed by atoms with Gasteiger partial charge in [0.25, 0.3) is 11.6 Å². The number of nitrogens with one attached hydrogen (secondary N) is 2. The first-order valence-electron chi connectivity index (χ1n) is 8.59. The van der Waals surface area contributed by atoms with Crippen LogP contribution in [0.5, 0.6) is 0 Å². The largest absolute Gasteiger partial charge is 0.360 e. The summed E-state index contributed by atoms with van der Waals surface area (Å²) in [5.74, 6) is 0.562. The Balaban J connectivity index is 1.85. The smallest absolute Gasteiger partial charge is 0.288 e. The van der Waals surface area contributed by atoms with Gasteiger partial charge in [-0.1, -0.05) is 54.6 Å². The van der Waals surface area contributed by atoms with E-state index < -0.39 is 17.1 Å². The van der Waals surface area contributed by atoms with E-state index in [0.717, 1.165) is 17.0 Å². The molecule has 2 aromatic rings. The highest BCUT2D eigenvalue weighted by Gasteiger charge is 2.42. The van der Waals surface area contributed by atoms with Gasteiger partial charge in [0.1, 0.15) is 11.2 Å². The van der Waals surface area contributed by atoms with Crippen molar-refractivity contribution in [1.82, 2.24) is 10.3 Å². The average Bonchev–Trinajstić information content (AvgIpc) is 2.67. The molecule has 0 bridgehead atoms. The Morgan fingerprint density at radius 3 is 2.86 bits per heavy atom. The molecule has 0 aromatic heterocycles. The van der Waals surface area contributed by atoms with Crippen LogP contribution in [0.4, 0.5) is 11.4 Å². The van der Waals surface area contributed by atoms with E-state index in [1.54, 1.807) is 11.1 Å². The minimum absolute atomic E-state index is 0.0589. The molecule has 144 valence electrons. The molecule has 2 aliphatic rings. The van der Waals surface area contributed by atoms with Crippen LogP contribution in [-0.4, -0.2) is 26.8 Å². The molecule has 28 heavy (non-hydrogen) atoms. The van der Waals surface area contributed by atoms with Crippen molar-refractivity contribution in [2.24, 2.45) is 5.10 Å². The van der Waals surface area contributed by atoms with Crippen molar-refractivity contribution < 1.29 is 9.72 Å². The number of amidine groups is 1. The fraction of sp³-hybridized carbons (Fsp3) is 0.222. The molecule has 2 N–H and O–H groups in total. The Hall–Kier alpha value is -2.78. The predicted molar refractivity (Wildman–Crippen MR) is 109 cm³/mol. The SMILES string of the molecule is CCSC1=NN2[C@@H](c3ccc(Cl)c([N+](=O)[O-])c3)Nc3ccccc3[C@@H]2C(=O)N1. The average molecular weight is 418 g/mol. The van der Waals surface area contributed by atoms with E-state index in [9.17, 15) is 14.9 Å². The number of halogens is 1. The highest BCUT2D eigenvalue weighted by atomic mass is 35.5. The minimum atomic E-state index is -0.640. The Morgan fingerprint density at radius 2 is 2.11 bits per heavy atom. The maximum absolute atomic E-state index is 12.9. The zero-order valence-electron chi connectivity index (χ0n) is 14.8. The zero-order chi connectivity index (χ0) is 19.8. The zero-order valence-corrected chi connectivity index (χ0v) is 16.3. The number of fused-ring (bicyclic) bond motifs is 3. The number of hydrazone groups is 1. The summed E-state index contributed by atoms with van der Waals surface area (Å²) < 4.78 is 0. The lowest BCUT2D eigenvalue weighted by Crippen LogP contribution is -2.50. The second kappa shape index (κ2) is 7.33. The van der Waals surface area contributed by atoms with Crippen molar-refractivity contribution in [3.05, 3.63) is 68.7 Å². The number of anilines is 1. The molecular formula is C18H16ClN5O3S. The number of benzene rings is 2. The first-order chi connectivity index (χ1) is 13.5. The summed E-state index contributed by atoms with van der Waals surface area (Å²) in [7, 11) is 0. The summed E-state index contributed by atoms with van der Waals surface area (Å²) in [5, 5.41) is 24.3. The number of nitro groups is 1. The van der Waals surface area contributed by atoms with Gasteiger partial charge < -0.3 is 10.6 Å². The molecule has 2 heterocycles. The van der Waals surface area contributed by atoms with E-state index in [0.29, 0.717) is 10.7 Å². The topological polar surface area (TPSA) is 99.9 Å². The Kier molecular flexibility index (Phi) is 4.86. The van der Waals surface area contributed by atoms with Gasteiger partial charge >= 0.3 is 0 Å². The van der Waals surface area contributed by atoms with Crippen LogP contribution < -0.4 is 10.6 Å². The molecule has 10 heteroatoms. The summed E-state index contributed by atoms with van der Waals surface area (Å²) >= 11 is 7.39. The van der Waals surface area contributed by atoms with E-state index in [4.69, 9.17) is 11.6 Å². The van der Waals surface area contributed by atoms with Crippen LogP contribution in [0.3, 0.4) is 0 Å². The summed E-state index contributed by atoms with van der Waals surface area (Å²) in [6.07, 6.45) is -0.561.